The first-order chi connectivity index (χ1) is 20.6. The summed E-state index contributed by atoms with van der Waals surface area (Å²) in [4.78, 5) is 0.735. The van der Waals surface area contributed by atoms with Crippen LogP contribution in [0, 0.1) is 0 Å². The highest BCUT2D eigenvalue weighted by Crippen LogP contribution is 2.21. The molecular formula is C36H62Br2N4+2. The summed E-state index contributed by atoms with van der Waals surface area (Å²) < 4.78 is 4.58. The lowest BCUT2D eigenvalue weighted by Gasteiger charge is -2.09. The Balaban J connectivity index is 1.49. The largest absolute Gasteiger partial charge is 0.385 e. The summed E-state index contributed by atoms with van der Waals surface area (Å²) in [6.45, 7) is 6.71. The highest BCUT2D eigenvalue weighted by molar-refractivity contribution is 9.09. The van der Waals surface area contributed by atoms with Crippen LogP contribution in [0.3, 0.4) is 0 Å². The van der Waals surface area contributed by atoms with Gasteiger partial charge in [-0.1, -0.05) is 104 Å². The summed E-state index contributed by atoms with van der Waals surface area (Å²) in [5, 5.41) is 7.17. The van der Waals surface area contributed by atoms with Gasteiger partial charge in [-0.25, -0.2) is 0 Å². The molecule has 0 amide bonds. The van der Waals surface area contributed by atoms with Gasteiger partial charge in [-0.3, -0.25) is 0 Å². The predicted octanol–water partition coefficient (Wildman–Crippen LogP) is 11.4. The Morgan fingerprint density at radius 1 is 0.476 bits per heavy atom. The SMILES string of the molecule is CCCCCCCCCNc1cc[n+](C(Br)CCCCCCC(Br)[n+]2ccc(NCCCCCCCCC)cc2)cc1. The number of alkyl halides is 2. The summed E-state index contributed by atoms with van der Waals surface area (Å²) in [6.07, 6.45) is 35.2. The predicted molar refractivity (Wildman–Crippen MR) is 190 cm³/mol. The first kappa shape index (κ1) is 37.0. The van der Waals surface area contributed by atoms with Crippen molar-refractivity contribution in [3.8, 4) is 0 Å². The number of anilines is 2. The van der Waals surface area contributed by atoms with Crippen molar-refractivity contribution >= 4 is 43.2 Å². The Labute approximate surface area is 276 Å². The van der Waals surface area contributed by atoms with Crippen molar-refractivity contribution in [2.24, 2.45) is 0 Å². The molecule has 0 aliphatic rings. The second-order valence-corrected chi connectivity index (χ2v) is 14.1. The smallest absolute Gasteiger partial charge is 0.211 e. The summed E-state index contributed by atoms with van der Waals surface area (Å²) >= 11 is 7.80. The molecule has 0 fully saturated rings. The minimum Gasteiger partial charge on any atom is -0.385 e. The summed E-state index contributed by atoms with van der Waals surface area (Å²) in [7, 11) is 0. The standard InChI is InChI=1S/C36H60Br2N4/c1-3-5-7-9-11-15-19-27-39-33-23-29-41(30-24-33)35(37)21-17-13-14-18-22-36(38)42-31-25-34(26-32-42)40-28-20-16-12-10-8-6-4-2/h23-26,29-32,35-36H,3-22,27-28H2,1-2H3/p+2. The molecular weight excluding hydrogens is 648 g/mol. The lowest BCUT2D eigenvalue weighted by Crippen LogP contribution is -2.35. The monoisotopic (exact) mass is 708 g/mol. The second-order valence-electron chi connectivity index (χ2n) is 12.0. The van der Waals surface area contributed by atoms with E-state index in [4.69, 9.17) is 0 Å². The maximum atomic E-state index is 3.90. The number of rotatable bonds is 27. The molecule has 0 radical (unpaired) electrons. The number of hydrogen-bond acceptors (Lipinski definition) is 2. The van der Waals surface area contributed by atoms with Crippen LogP contribution in [-0.4, -0.2) is 13.1 Å². The van der Waals surface area contributed by atoms with Crippen LogP contribution in [0.5, 0.6) is 0 Å². The number of pyridine rings is 2. The molecule has 0 bridgehead atoms. The number of unbranched alkanes of at least 4 members (excludes halogenated alkanes) is 15. The zero-order valence-corrected chi connectivity index (χ0v) is 30.2. The molecule has 0 aliphatic heterocycles. The highest BCUT2D eigenvalue weighted by Gasteiger charge is 2.15. The minimum atomic E-state index is 0.368. The van der Waals surface area contributed by atoms with E-state index in [0.717, 1.165) is 25.9 Å². The lowest BCUT2D eigenvalue weighted by molar-refractivity contribution is -0.698. The van der Waals surface area contributed by atoms with E-state index in [1.165, 1.54) is 127 Å². The third kappa shape index (κ3) is 17.9. The summed E-state index contributed by atoms with van der Waals surface area (Å²) in [5.74, 6) is 0. The zero-order chi connectivity index (χ0) is 30.1. The second kappa shape index (κ2) is 25.2. The molecule has 2 atom stereocenters. The van der Waals surface area contributed by atoms with E-state index in [2.05, 4.69) is 115 Å². The van der Waals surface area contributed by atoms with Gasteiger partial charge in [0.15, 0.2) is 24.8 Å². The average Bonchev–Trinajstić information content (AvgIpc) is 3.02. The van der Waals surface area contributed by atoms with Crippen LogP contribution in [0.25, 0.3) is 0 Å². The third-order valence-electron chi connectivity index (χ3n) is 8.21. The molecule has 2 rings (SSSR count). The van der Waals surface area contributed by atoms with Gasteiger partial charge in [0.25, 0.3) is 0 Å². The van der Waals surface area contributed by atoms with Crippen molar-refractivity contribution in [3.05, 3.63) is 49.1 Å². The molecule has 0 aromatic carbocycles. The van der Waals surface area contributed by atoms with Crippen LogP contribution in [0.4, 0.5) is 11.4 Å². The Morgan fingerprint density at radius 3 is 1.14 bits per heavy atom. The van der Waals surface area contributed by atoms with E-state index >= 15 is 0 Å². The van der Waals surface area contributed by atoms with Crippen molar-refractivity contribution in [2.45, 2.75) is 152 Å². The summed E-state index contributed by atoms with van der Waals surface area (Å²) in [6, 6.07) is 8.84. The normalized spacial score (nSPS) is 12.8. The van der Waals surface area contributed by atoms with E-state index < -0.39 is 0 Å². The Hall–Kier alpha value is -1.14. The fraction of sp³-hybridized carbons (Fsp3) is 0.722. The maximum absolute atomic E-state index is 3.90. The molecule has 0 aliphatic carbocycles. The van der Waals surface area contributed by atoms with Crippen LogP contribution in [0.1, 0.15) is 152 Å². The zero-order valence-electron chi connectivity index (χ0n) is 27.0. The van der Waals surface area contributed by atoms with E-state index in [9.17, 15) is 0 Å². The first-order valence-corrected chi connectivity index (χ1v) is 19.2. The van der Waals surface area contributed by atoms with Crippen molar-refractivity contribution in [1.82, 2.24) is 0 Å². The van der Waals surface area contributed by atoms with Crippen LogP contribution in [0.15, 0.2) is 49.1 Å². The van der Waals surface area contributed by atoms with Gasteiger partial charge in [0.05, 0.1) is 0 Å². The number of nitrogens with one attached hydrogen (secondary N) is 2. The molecule has 42 heavy (non-hydrogen) atoms. The van der Waals surface area contributed by atoms with Crippen LogP contribution in [0.2, 0.25) is 0 Å². The number of aromatic nitrogens is 2. The fourth-order valence-corrected chi connectivity index (χ4v) is 6.59. The molecule has 0 saturated carbocycles. The molecule has 2 N–H and O–H groups in total. The Kier molecular flexibility index (Phi) is 22.2. The minimum absolute atomic E-state index is 0.368. The van der Waals surface area contributed by atoms with Crippen LogP contribution in [-0.2, 0) is 0 Å². The Bertz CT molecular complexity index is 801. The van der Waals surface area contributed by atoms with Crippen molar-refractivity contribution in [1.29, 1.82) is 0 Å². The fourth-order valence-electron chi connectivity index (χ4n) is 5.39. The summed E-state index contributed by atoms with van der Waals surface area (Å²) in [5.41, 5.74) is 2.46. The molecule has 0 saturated heterocycles. The number of halogens is 2. The van der Waals surface area contributed by atoms with Crippen LogP contribution < -0.4 is 19.8 Å². The number of nitrogens with zero attached hydrogens (tertiary/aromatic N) is 2. The molecule has 2 aromatic heterocycles. The molecule has 4 nitrogen and oxygen atoms in total. The van der Waals surface area contributed by atoms with E-state index in [1.807, 2.05) is 0 Å². The molecule has 2 unspecified atom stereocenters. The molecule has 238 valence electrons. The topological polar surface area (TPSA) is 31.8 Å². The Morgan fingerprint density at radius 2 is 0.786 bits per heavy atom. The molecule has 0 spiro atoms. The van der Waals surface area contributed by atoms with Crippen molar-refractivity contribution in [3.63, 3.8) is 0 Å². The van der Waals surface area contributed by atoms with Crippen LogP contribution >= 0.6 is 31.9 Å². The van der Waals surface area contributed by atoms with Gasteiger partial charge in [0, 0.05) is 61.6 Å². The third-order valence-corrected chi connectivity index (χ3v) is 10.1. The quantitative estimate of drug-likeness (QED) is 0.0550. The van der Waals surface area contributed by atoms with Gasteiger partial charge in [0.2, 0.25) is 9.90 Å². The highest BCUT2D eigenvalue weighted by atomic mass is 79.9. The first-order valence-electron chi connectivity index (χ1n) is 17.4. The lowest BCUT2D eigenvalue weighted by atomic mass is 10.1. The van der Waals surface area contributed by atoms with Crippen molar-refractivity contribution < 1.29 is 9.13 Å². The van der Waals surface area contributed by atoms with Gasteiger partial charge in [-0.15, -0.1) is 0 Å². The number of hydrogen-bond donors (Lipinski definition) is 2. The molecule has 6 heteroatoms. The average molecular weight is 711 g/mol. The van der Waals surface area contributed by atoms with E-state index in [-0.39, 0.29) is 0 Å². The molecule has 2 heterocycles. The molecule has 2 aromatic rings. The van der Waals surface area contributed by atoms with Gasteiger partial charge in [0.1, 0.15) is 0 Å². The van der Waals surface area contributed by atoms with E-state index in [1.54, 1.807) is 0 Å². The van der Waals surface area contributed by atoms with Crippen molar-refractivity contribution in [2.75, 3.05) is 23.7 Å². The van der Waals surface area contributed by atoms with Gasteiger partial charge in [-0.2, -0.15) is 9.13 Å². The van der Waals surface area contributed by atoms with Gasteiger partial charge >= 0.3 is 0 Å². The van der Waals surface area contributed by atoms with Gasteiger partial charge < -0.3 is 10.6 Å². The maximum Gasteiger partial charge on any atom is 0.211 e. The van der Waals surface area contributed by atoms with Gasteiger partial charge in [-0.05, 0) is 57.5 Å². The van der Waals surface area contributed by atoms with E-state index in [0.29, 0.717) is 9.90 Å².